The van der Waals surface area contributed by atoms with Gasteiger partial charge in [-0.15, -0.1) is 11.3 Å². The molecule has 162 valence electrons. The number of hydrogen-bond acceptors (Lipinski definition) is 8. The van der Waals surface area contributed by atoms with Crippen LogP contribution in [0.5, 0.6) is 0 Å². The van der Waals surface area contributed by atoms with E-state index in [0.717, 1.165) is 72.9 Å². The number of aromatic nitrogens is 3. The number of amides is 1. The van der Waals surface area contributed by atoms with Crippen LogP contribution < -0.4 is 21.3 Å². The standard InChI is InChI=1S/C22H27N7OS/c1-12-18-19(23)20(31-22(18)26-13(2)25-12)21(30)27-15-4-5-16-14(11-15)3-6-17(28-16)29-9-7-24-8-10-29/h3,6,15,24H,4-5,7-11,23H2,1-2H3,(H,27,30). The average Bonchev–Trinajstić information content (AvgIpc) is 3.10. The molecular formula is C22H27N7OS. The van der Waals surface area contributed by atoms with Crippen LogP contribution in [0.2, 0.25) is 0 Å². The molecule has 0 saturated carbocycles. The lowest BCUT2D eigenvalue weighted by atomic mass is 9.91. The first-order chi connectivity index (χ1) is 15.0. The summed E-state index contributed by atoms with van der Waals surface area (Å²) < 4.78 is 0. The number of nitrogen functional groups attached to an aromatic ring is 1. The van der Waals surface area contributed by atoms with Crippen LogP contribution in [0.3, 0.4) is 0 Å². The molecule has 31 heavy (non-hydrogen) atoms. The van der Waals surface area contributed by atoms with E-state index in [0.29, 0.717) is 16.4 Å². The number of fused-ring (bicyclic) bond motifs is 2. The first-order valence-corrected chi connectivity index (χ1v) is 11.6. The summed E-state index contributed by atoms with van der Waals surface area (Å²) in [5.41, 5.74) is 9.98. The second-order valence-electron chi connectivity index (χ2n) is 8.31. The molecule has 4 heterocycles. The molecule has 1 amide bonds. The van der Waals surface area contributed by atoms with Crippen molar-refractivity contribution in [1.29, 1.82) is 0 Å². The zero-order valence-electron chi connectivity index (χ0n) is 17.9. The van der Waals surface area contributed by atoms with Crippen molar-refractivity contribution in [2.24, 2.45) is 0 Å². The van der Waals surface area contributed by atoms with Gasteiger partial charge in [-0.3, -0.25) is 4.79 Å². The van der Waals surface area contributed by atoms with Gasteiger partial charge in [-0.2, -0.15) is 0 Å². The number of nitrogens with zero attached hydrogens (tertiary/aromatic N) is 4. The lowest BCUT2D eigenvalue weighted by Gasteiger charge is -2.30. The number of aryl methyl sites for hydroxylation is 3. The predicted octanol–water partition coefficient (Wildman–Crippen LogP) is 1.98. The number of anilines is 2. The Kier molecular flexibility index (Phi) is 5.23. The van der Waals surface area contributed by atoms with E-state index in [1.54, 1.807) is 0 Å². The van der Waals surface area contributed by atoms with Gasteiger partial charge in [0.2, 0.25) is 0 Å². The maximum Gasteiger partial charge on any atom is 0.263 e. The van der Waals surface area contributed by atoms with E-state index in [-0.39, 0.29) is 11.9 Å². The third kappa shape index (κ3) is 3.83. The van der Waals surface area contributed by atoms with E-state index in [4.69, 9.17) is 10.7 Å². The van der Waals surface area contributed by atoms with Crippen LogP contribution in [-0.4, -0.2) is 53.1 Å². The molecule has 0 bridgehead atoms. The van der Waals surface area contributed by atoms with Gasteiger partial charge in [0.25, 0.3) is 5.91 Å². The zero-order valence-corrected chi connectivity index (χ0v) is 18.7. The number of hydrogen-bond donors (Lipinski definition) is 3. The van der Waals surface area contributed by atoms with Gasteiger partial charge in [0, 0.05) is 37.9 Å². The summed E-state index contributed by atoms with van der Waals surface area (Å²) >= 11 is 1.34. The average molecular weight is 438 g/mol. The SMILES string of the molecule is Cc1nc(C)c2c(N)c(C(=O)NC3CCc4nc(N5CCNCC5)ccc4C3)sc2n1. The fourth-order valence-electron chi connectivity index (χ4n) is 4.54. The molecule has 3 aromatic rings. The molecule has 0 radical (unpaired) electrons. The minimum absolute atomic E-state index is 0.0744. The Morgan fingerprint density at radius 2 is 2.03 bits per heavy atom. The Morgan fingerprint density at radius 1 is 1.23 bits per heavy atom. The van der Waals surface area contributed by atoms with Crippen LogP contribution in [0, 0.1) is 13.8 Å². The maximum absolute atomic E-state index is 13.0. The highest BCUT2D eigenvalue weighted by Crippen LogP contribution is 2.34. The summed E-state index contributed by atoms with van der Waals surface area (Å²) in [6.07, 6.45) is 2.53. The summed E-state index contributed by atoms with van der Waals surface area (Å²) in [6, 6.07) is 4.36. The van der Waals surface area contributed by atoms with Gasteiger partial charge in [-0.1, -0.05) is 6.07 Å². The minimum atomic E-state index is -0.128. The van der Waals surface area contributed by atoms with E-state index >= 15 is 0 Å². The number of nitrogens with one attached hydrogen (secondary N) is 2. The zero-order chi connectivity index (χ0) is 21.5. The van der Waals surface area contributed by atoms with E-state index in [9.17, 15) is 4.79 Å². The summed E-state index contributed by atoms with van der Waals surface area (Å²) in [5, 5.41) is 7.36. The molecule has 1 aliphatic carbocycles. The molecule has 0 spiro atoms. The molecule has 5 rings (SSSR count). The Balaban J connectivity index is 1.31. The highest BCUT2D eigenvalue weighted by molar-refractivity contribution is 7.21. The number of carbonyl (C=O) groups is 1. The molecule has 8 nitrogen and oxygen atoms in total. The summed E-state index contributed by atoms with van der Waals surface area (Å²) in [6.45, 7) is 7.73. The summed E-state index contributed by atoms with van der Waals surface area (Å²) in [5.74, 6) is 1.62. The van der Waals surface area contributed by atoms with Gasteiger partial charge in [0.15, 0.2) is 0 Å². The van der Waals surface area contributed by atoms with Crippen molar-refractivity contribution in [3.05, 3.63) is 39.8 Å². The van der Waals surface area contributed by atoms with Crippen LogP contribution in [0.15, 0.2) is 12.1 Å². The van der Waals surface area contributed by atoms with Crippen molar-refractivity contribution in [2.75, 3.05) is 36.8 Å². The van der Waals surface area contributed by atoms with Gasteiger partial charge in [-0.25, -0.2) is 15.0 Å². The normalized spacial score (nSPS) is 18.8. The third-order valence-electron chi connectivity index (χ3n) is 6.11. The minimum Gasteiger partial charge on any atom is -0.397 e. The highest BCUT2D eigenvalue weighted by Gasteiger charge is 2.26. The number of thiophene rings is 1. The van der Waals surface area contributed by atoms with Gasteiger partial charge in [-0.05, 0) is 44.7 Å². The number of rotatable bonds is 3. The molecule has 1 saturated heterocycles. The largest absolute Gasteiger partial charge is 0.397 e. The second kappa shape index (κ2) is 8.05. The van der Waals surface area contributed by atoms with Crippen molar-refractivity contribution < 1.29 is 4.79 Å². The Morgan fingerprint density at radius 3 is 2.84 bits per heavy atom. The molecule has 3 aromatic heterocycles. The number of carbonyl (C=O) groups excluding carboxylic acids is 1. The third-order valence-corrected chi connectivity index (χ3v) is 7.21. The van der Waals surface area contributed by atoms with Gasteiger partial charge in [0.05, 0.1) is 16.8 Å². The Labute approximate surface area is 185 Å². The summed E-state index contributed by atoms with van der Waals surface area (Å²) in [4.78, 5) is 30.4. The fraction of sp³-hybridized carbons (Fsp3) is 0.455. The van der Waals surface area contributed by atoms with Gasteiger partial charge >= 0.3 is 0 Å². The number of nitrogens with two attached hydrogens (primary N) is 1. The van der Waals surface area contributed by atoms with E-state index in [1.807, 2.05) is 13.8 Å². The van der Waals surface area contributed by atoms with Crippen molar-refractivity contribution in [1.82, 2.24) is 25.6 Å². The van der Waals surface area contributed by atoms with E-state index in [2.05, 4.69) is 37.6 Å². The highest BCUT2D eigenvalue weighted by atomic mass is 32.1. The van der Waals surface area contributed by atoms with Crippen molar-refractivity contribution in [3.63, 3.8) is 0 Å². The van der Waals surface area contributed by atoms with Crippen LogP contribution in [0.25, 0.3) is 10.2 Å². The molecule has 1 fully saturated rings. The topological polar surface area (TPSA) is 109 Å². The molecule has 2 aliphatic rings. The van der Waals surface area contributed by atoms with E-state index in [1.165, 1.54) is 16.9 Å². The van der Waals surface area contributed by atoms with Crippen molar-refractivity contribution >= 4 is 39.0 Å². The predicted molar refractivity (Wildman–Crippen MR) is 124 cm³/mol. The molecule has 1 unspecified atom stereocenters. The lowest BCUT2D eigenvalue weighted by Crippen LogP contribution is -2.44. The Hall–Kier alpha value is -2.78. The number of piperazine rings is 1. The monoisotopic (exact) mass is 437 g/mol. The summed E-state index contributed by atoms with van der Waals surface area (Å²) in [7, 11) is 0. The fourth-order valence-corrected chi connectivity index (χ4v) is 5.64. The van der Waals surface area contributed by atoms with Crippen LogP contribution in [-0.2, 0) is 12.8 Å². The lowest BCUT2D eigenvalue weighted by molar-refractivity contribution is 0.0938. The molecule has 9 heteroatoms. The first kappa shape index (κ1) is 20.1. The van der Waals surface area contributed by atoms with Crippen LogP contribution in [0.4, 0.5) is 11.5 Å². The molecule has 4 N–H and O–H groups in total. The maximum atomic E-state index is 13.0. The van der Waals surface area contributed by atoms with Crippen molar-refractivity contribution in [3.8, 4) is 0 Å². The van der Waals surface area contributed by atoms with Crippen LogP contribution in [0.1, 0.15) is 38.9 Å². The van der Waals surface area contributed by atoms with Gasteiger partial charge < -0.3 is 21.3 Å². The smallest absolute Gasteiger partial charge is 0.263 e. The molecular weight excluding hydrogens is 410 g/mol. The van der Waals surface area contributed by atoms with Crippen molar-refractivity contribution in [2.45, 2.75) is 39.2 Å². The first-order valence-electron chi connectivity index (χ1n) is 10.8. The Bertz CT molecular complexity index is 1150. The van der Waals surface area contributed by atoms with E-state index < -0.39 is 0 Å². The molecule has 0 aromatic carbocycles. The molecule has 1 atom stereocenters. The van der Waals surface area contributed by atoms with Crippen LogP contribution >= 0.6 is 11.3 Å². The second-order valence-corrected chi connectivity index (χ2v) is 9.31. The number of pyridine rings is 1. The van der Waals surface area contributed by atoms with Gasteiger partial charge in [0.1, 0.15) is 21.3 Å². The quantitative estimate of drug-likeness (QED) is 0.575. The molecule has 1 aliphatic heterocycles.